The van der Waals surface area contributed by atoms with E-state index >= 15 is 0 Å². The van der Waals surface area contributed by atoms with Crippen molar-refractivity contribution in [2.24, 2.45) is 0 Å². The number of rotatable bonds is 6. The van der Waals surface area contributed by atoms with Gasteiger partial charge in [-0.1, -0.05) is 0 Å². The smallest absolute Gasteiger partial charge is 0.350 e. The van der Waals surface area contributed by atoms with Crippen molar-refractivity contribution < 1.29 is 19.1 Å². The largest absolute Gasteiger partial charge is 0.368 e. The maximum atomic E-state index is 10.8. The van der Waals surface area contributed by atoms with E-state index in [2.05, 4.69) is 25.2 Å². The van der Waals surface area contributed by atoms with Gasteiger partial charge in [-0.2, -0.15) is 9.97 Å². The van der Waals surface area contributed by atoms with Gasteiger partial charge in [-0.15, -0.1) is 0 Å². The lowest BCUT2D eigenvalue weighted by Gasteiger charge is -2.21. The maximum absolute atomic E-state index is 10.8. The zero-order valence-electron chi connectivity index (χ0n) is 13.7. The number of anilines is 2. The minimum absolute atomic E-state index is 0.128. The van der Waals surface area contributed by atoms with E-state index in [9.17, 15) is 4.57 Å². The van der Waals surface area contributed by atoms with Crippen LogP contribution in [0.15, 0.2) is 6.33 Å². The summed E-state index contributed by atoms with van der Waals surface area (Å²) in [5, 5.41) is 3.34. The first kappa shape index (κ1) is 18.0. The van der Waals surface area contributed by atoms with Crippen molar-refractivity contribution in [2.45, 2.75) is 13.0 Å². The fourth-order valence-electron chi connectivity index (χ4n) is 2.73. The monoisotopic (exact) mass is 371 g/mol. The molecule has 0 atom stereocenters. The summed E-state index contributed by atoms with van der Waals surface area (Å²) in [6, 6.07) is 0. The van der Waals surface area contributed by atoms with Crippen LogP contribution in [0.5, 0.6) is 0 Å². The molecule has 1 aliphatic heterocycles. The van der Waals surface area contributed by atoms with Crippen LogP contribution in [0.25, 0.3) is 11.2 Å². The van der Waals surface area contributed by atoms with Gasteiger partial charge < -0.3 is 35.0 Å². The first-order valence-corrected chi connectivity index (χ1v) is 9.80. The number of nitrogens with zero attached hydrogens (tertiary/aromatic N) is 5. The summed E-state index contributed by atoms with van der Waals surface area (Å²) in [5.74, 6) is 0.874. The van der Waals surface area contributed by atoms with Crippen LogP contribution < -0.4 is 16.0 Å². The number of nitrogens with two attached hydrogens (primary N) is 1. The van der Waals surface area contributed by atoms with E-state index in [0.717, 1.165) is 32.6 Å². The van der Waals surface area contributed by atoms with E-state index in [0.29, 0.717) is 23.5 Å². The van der Waals surface area contributed by atoms with Gasteiger partial charge in [-0.3, -0.25) is 4.57 Å². The molecule has 11 nitrogen and oxygen atoms in total. The number of nitrogen functional groups attached to an aromatic ring is 1. The number of aromatic nitrogens is 4. The molecule has 0 aromatic carbocycles. The van der Waals surface area contributed by atoms with Crippen molar-refractivity contribution in [3.05, 3.63) is 6.33 Å². The number of imidazole rings is 1. The minimum Gasteiger partial charge on any atom is -0.368 e. The van der Waals surface area contributed by atoms with Gasteiger partial charge in [0.2, 0.25) is 5.95 Å². The van der Waals surface area contributed by atoms with Crippen LogP contribution in [0.1, 0.15) is 6.42 Å². The van der Waals surface area contributed by atoms with Gasteiger partial charge in [0.1, 0.15) is 6.35 Å². The van der Waals surface area contributed by atoms with E-state index in [4.69, 9.17) is 20.3 Å². The highest BCUT2D eigenvalue weighted by Gasteiger charge is 2.19. The van der Waals surface area contributed by atoms with Gasteiger partial charge in [0.25, 0.3) is 0 Å². The molecule has 0 bridgehead atoms. The Kier molecular flexibility index (Phi) is 5.50. The Bertz CT molecular complexity index is 769. The Hall–Kier alpha value is -1.78. The van der Waals surface area contributed by atoms with Gasteiger partial charge in [0.05, 0.1) is 12.9 Å². The van der Waals surface area contributed by atoms with E-state index in [1.165, 1.54) is 0 Å². The number of hydrogen-bond donors (Lipinski definition) is 4. The number of hydrogen-bond acceptors (Lipinski definition) is 8. The van der Waals surface area contributed by atoms with Crippen molar-refractivity contribution >= 4 is 30.5 Å². The van der Waals surface area contributed by atoms with Crippen molar-refractivity contribution in [3.63, 3.8) is 0 Å². The Balaban J connectivity index is 1.79. The lowest BCUT2D eigenvalue weighted by molar-refractivity contribution is 0.149. The van der Waals surface area contributed by atoms with Crippen LogP contribution in [0, 0.1) is 0 Å². The number of ether oxygens (including phenoxy) is 1. The second kappa shape index (κ2) is 7.63. The standard InChI is InChI=1S/C13H22N7O4P/c14-13-17-11(19-4-1-2-15-3-5-19)10-12(18-13)20(8-16-10)6-7-24-9-25(21,22)23/h8,15H,1-7,9H2,(H2,14,17,18)(H2,21,22,23). The normalized spacial score (nSPS) is 16.3. The Morgan fingerprint density at radius 3 is 2.96 bits per heavy atom. The average molecular weight is 371 g/mol. The van der Waals surface area contributed by atoms with Gasteiger partial charge in [0, 0.05) is 26.2 Å². The molecule has 0 saturated carbocycles. The zero-order valence-corrected chi connectivity index (χ0v) is 14.6. The third kappa shape index (κ3) is 4.65. The molecule has 1 saturated heterocycles. The molecule has 0 amide bonds. The number of fused-ring (bicyclic) bond motifs is 1. The molecule has 3 rings (SSSR count). The Morgan fingerprint density at radius 2 is 2.16 bits per heavy atom. The van der Waals surface area contributed by atoms with Crippen LogP contribution >= 0.6 is 7.60 Å². The summed E-state index contributed by atoms with van der Waals surface area (Å²) >= 11 is 0. The molecule has 3 heterocycles. The fourth-order valence-corrected chi connectivity index (χ4v) is 3.10. The van der Waals surface area contributed by atoms with Crippen LogP contribution in [-0.4, -0.2) is 68.4 Å². The minimum atomic E-state index is -4.16. The third-order valence-electron chi connectivity index (χ3n) is 3.84. The topological polar surface area (TPSA) is 152 Å². The lowest BCUT2D eigenvalue weighted by Crippen LogP contribution is -2.29. The predicted molar refractivity (Wildman–Crippen MR) is 92.3 cm³/mol. The molecule has 138 valence electrons. The van der Waals surface area contributed by atoms with Gasteiger partial charge in [0.15, 0.2) is 17.0 Å². The van der Waals surface area contributed by atoms with Gasteiger partial charge in [-0.25, -0.2) is 4.98 Å². The molecule has 5 N–H and O–H groups in total. The Labute approximate surface area is 144 Å². The van der Waals surface area contributed by atoms with Crippen molar-refractivity contribution in [2.75, 3.05) is 49.8 Å². The highest BCUT2D eigenvalue weighted by molar-refractivity contribution is 7.51. The van der Waals surface area contributed by atoms with Gasteiger partial charge >= 0.3 is 7.60 Å². The summed E-state index contributed by atoms with van der Waals surface area (Å²) in [4.78, 5) is 32.8. The number of nitrogens with one attached hydrogen (secondary N) is 1. The van der Waals surface area contributed by atoms with Crippen molar-refractivity contribution in [1.82, 2.24) is 24.8 Å². The summed E-state index contributed by atoms with van der Waals surface area (Å²) in [6.45, 7) is 3.98. The molecular formula is C13H22N7O4P. The van der Waals surface area contributed by atoms with Crippen molar-refractivity contribution in [3.8, 4) is 0 Å². The molecule has 1 fully saturated rings. The van der Waals surface area contributed by atoms with E-state index < -0.39 is 13.9 Å². The second-order valence-corrected chi connectivity index (χ2v) is 7.40. The van der Waals surface area contributed by atoms with E-state index in [-0.39, 0.29) is 12.6 Å². The fraction of sp³-hybridized carbons (Fsp3) is 0.615. The molecule has 0 spiro atoms. The quantitative estimate of drug-likeness (QED) is 0.381. The SMILES string of the molecule is Nc1nc(N2CCCNCC2)c2ncn(CCOCP(=O)(O)O)c2n1. The summed E-state index contributed by atoms with van der Waals surface area (Å²) < 4.78 is 17.6. The lowest BCUT2D eigenvalue weighted by atomic mass is 10.3. The summed E-state index contributed by atoms with van der Waals surface area (Å²) in [6.07, 6.45) is 2.00. The highest BCUT2D eigenvalue weighted by atomic mass is 31.2. The molecule has 1 aliphatic rings. The molecule has 0 aliphatic carbocycles. The van der Waals surface area contributed by atoms with Crippen LogP contribution in [0.4, 0.5) is 11.8 Å². The predicted octanol–water partition coefficient (Wildman–Crippen LogP) is -0.640. The Morgan fingerprint density at radius 1 is 1.32 bits per heavy atom. The zero-order chi connectivity index (χ0) is 17.9. The van der Waals surface area contributed by atoms with Crippen LogP contribution in [-0.2, 0) is 15.8 Å². The molecule has 2 aromatic heterocycles. The summed E-state index contributed by atoms with van der Waals surface area (Å²) in [5.41, 5.74) is 7.11. The molecule has 0 unspecified atom stereocenters. The third-order valence-corrected chi connectivity index (χ3v) is 4.36. The van der Waals surface area contributed by atoms with Crippen LogP contribution in [0.3, 0.4) is 0 Å². The second-order valence-electron chi connectivity index (χ2n) is 5.81. The molecular weight excluding hydrogens is 349 g/mol. The maximum Gasteiger partial charge on any atom is 0.350 e. The highest BCUT2D eigenvalue weighted by Crippen LogP contribution is 2.33. The van der Waals surface area contributed by atoms with E-state index in [1.54, 1.807) is 10.9 Å². The van der Waals surface area contributed by atoms with Crippen LogP contribution in [0.2, 0.25) is 0 Å². The van der Waals surface area contributed by atoms with E-state index in [1.807, 2.05) is 0 Å². The molecule has 12 heteroatoms. The van der Waals surface area contributed by atoms with Gasteiger partial charge in [-0.05, 0) is 13.0 Å². The molecule has 25 heavy (non-hydrogen) atoms. The summed E-state index contributed by atoms with van der Waals surface area (Å²) in [7, 11) is -4.16. The van der Waals surface area contributed by atoms with Crippen molar-refractivity contribution in [1.29, 1.82) is 0 Å². The first-order chi connectivity index (χ1) is 11.9. The first-order valence-electron chi connectivity index (χ1n) is 8.00. The average Bonchev–Trinajstić information content (AvgIpc) is 2.77. The molecule has 0 radical (unpaired) electrons. The molecule has 2 aromatic rings.